The Hall–Kier alpha value is -4.19. The van der Waals surface area contributed by atoms with E-state index >= 15 is 0 Å². The minimum absolute atomic E-state index is 0.184. The molecule has 1 aliphatic heterocycles. The molecule has 1 aliphatic rings. The lowest BCUT2D eigenvalue weighted by atomic mass is 9.96. The molecule has 0 aliphatic carbocycles. The van der Waals surface area contributed by atoms with Gasteiger partial charge in [-0.15, -0.1) is 0 Å². The van der Waals surface area contributed by atoms with Crippen molar-refractivity contribution in [1.29, 1.82) is 0 Å². The van der Waals surface area contributed by atoms with Crippen molar-refractivity contribution in [2.24, 2.45) is 0 Å². The van der Waals surface area contributed by atoms with Gasteiger partial charge >= 0.3 is 0 Å². The molecule has 0 atom stereocenters. The SMILES string of the molecule is CCOc1c(/C(C)=C/C(=O)NCc2ccc3c(c2)OCO3)cc2c(-c3ccc(C)cc3)coc2c1C. The fourth-order valence-electron chi connectivity index (χ4n) is 4.46. The molecule has 6 heteroatoms. The Labute approximate surface area is 210 Å². The molecule has 5 rings (SSSR count). The van der Waals surface area contributed by atoms with E-state index < -0.39 is 0 Å². The molecule has 3 aromatic carbocycles. The molecule has 0 fully saturated rings. The Morgan fingerprint density at radius 1 is 1.06 bits per heavy atom. The summed E-state index contributed by atoms with van der Waals surface area (Å²) < 4.78 is 22.8. The molecule has 1 N–H and O–H groups in total. The van der Waals surface area contributed by atoms with Gasteiger partial charge in [0.2, 0.25) is 12.7 Å². The predicted octanol–water partition coefficient (Wildman–Crippen LogP) is 6.56. The van der Waals surface area contributed by atoms with Gasteiger partial charge in [-0.3, -0.25) is 4.79 Å². The van der Waals surface area contributed by atoms with Gasteiger partial charge in [-0.25, -0.2) is 0 Å². The molecule has 0 unspecified atom stereocenters. The standard InChI is InChI=1S/C30H29NO5/c1-5-33-29-20(4)30-24(25(16-34-30)22-9-6-18(2)7-10-22)14-23(29)19(3)12-28(32)31-15-21-8-11-26-27(13-21)36-17-35-26/h6-14,16H,5,15,17H2,1-4H3,(H,31,32)/b19-12+. The summed E-state index contributed by atoms with van der Waals surface area (Å²) in [5.74, 6) is 1.96. The van der Waals surface area contributed by atoms with Crippen molar-refractivity contribution in [1.82, 2.24) is 5.32 Å². The van der Waals surface area contributed by atoms with E-state index in [4.69, 9.17) is 18.6 Å². The molecule has 1 aromatic heterocycles. The number of amides is 1. The summed E-state index contributed by atoms with van der Waals surface area (Å²) in [5.41, 5.74) is 7.61. The fraction of sp³-hybridized carbons (Fsp3) is 0.233. The number of carbonyl (C=O) groups excluding carboxylic acids is 1. The molecule has 2 heterocycles. The first-order chi connectivity index (χ1) is 17.4. The second-order valence-corrected chi connectivity index (χ2v) is 8.94. The van der Waals surface area contributed by atoms with Crippen LogP contribution in [0.2, 0.25) is 0 Å². The number of aryl methyl sites for hydroxylation is 2. The highest BCUT2D eigenvalue weighted by Crippen LogP contribution is 2.41. The van der Waals surface area contributed by atoms with Gasteiger partial charge in [0.05, 0.1) is 12.9 Å². The summed E-state index contributed by atoms with van der Waals surface area (Å²) in [5, 5.41) is 3.95. The normalized spacial score (nSPS) is 12.7. The molecular weight excluding hydrogens is 454 g/mol. The largest absolute Gasteiger partial charge is 0.493 e. The highest BCUT2D eigenvalue weighted by atomic mass is 16.7. The minimum Gasteiger partial charge on any atom is -0.493 e. The van der Waals surface area contributed by atoms with Crippen LogP contribution >= 0.6 is 0 Å². The Kier molecular flexibility index (Phi) is 6.42. The van der Waals surface area contributed by atoms with E-state index in [0.717, 1.165) is 55.9 Å². The van der Waals surface area contributed by atoms with E-state index in [0.29, 0.717) is 18.9 Å². The van der Waals surface area contributed by atoms with Crippen molar-refractivity contribution < 1.29 is 23.4 Å². The number of fused-ring (bicyclic) bond motifs is 2. The lowest BCUT2D eigenvalue weighted by molar-refractivity contribution is -0.116. The monoisotopic (exact) mass is 483 g/mol. The van der Waals surface area contributed by atoms with E-state index in [2.05, 4.69) is 42.6 Å². The lowest BCUT2D eigenvalue weighted by Crippen LogP contribution is -2.20. The van der Waals surface area contributed by atoms with Gasteiger partial charge in [-0.1, -0.05) is 35.9 Å². The quantitative estimate of drug-likeness (QED) is 0.301. The van der Waals surface area contributed by atoms with Gasteiger partial charge in [0, 0.05) is 34.7 Å². The number of carbonyl (C=O) groups is 1. The number of furan rings is 1. The van der Waals surface area contributed by atoms with Crippen LogP contribution in [0.15, 0.2) is 65.3 Å². The number of benzene rings is 3. The lowest BCUT2D eigenvalue weighted by Gasteiger charge is -2.15. The molecule has 0 radical (unpaired) electrons. The van der Waals surface area contributed by atoms with Gasteiger partial charge in [-0.05, 0) is 62.6 Å². The summed E-state index contributed by atoms with van der Waals surface area (Å²) in [6.07, 6.45) is 3.40. The Bertz CT molecular complexity index is 1460. The fourth-order valence-corrected chi connectivity index (χ4v) is 4.46. The van der Waals surface area contributed by atoms with Crippen LogP contribution in [0.25, 0.3) is 27.7 Å². The van der Waals surface area contributed by atoms with Crippen LogP contribution in [-0.4, -0.2) is 19.3 Å². The maximum Gasteiger partial charge on any atom is 0.244 e. The summed E-state index contributed by atoms with van der Waals surface area (Å²) in [7, 11) is 0. The first kappa shape index (κ1) is 23.5. The molecular formula is C30H29NO5. The number of hydrogen-bond donors (Lipinski definition) is 1. The molecule has 0 bridgehead atoms. The van der Waals surface area contributed by atoms with Crippen molar-refractivity contribution in [2.45, 2.75) is 34.2 Å². The summed E-state index contributed by atoms with van der Waals surface area (Å²) in [6.45, 7) is 9.05. The third kappa shape index (κ3) is 4.54. The molecule has 0 spiro atoms. The van der Waals surface area contributed by atoms with Crippen molar-refractivity contribution in [3.05, 3.63) is 83.1 Å². The maximum atomic E-state index is 12.8. The summed E-state index contributed by atoms with van der Waals surface area (Å²) >= 11 is 0. The highest BCUT2D eigenvalue weighted by Gasteiger charge is 2.19. The average molecular weight is 484 g/mol. The average Bonchev–Trinajstić information content (AvgIpc) is 3.52. The molecule has 184 valence electrons. The third-order valence-corrected chi connectivity index (χ3v) is 6.37. The van der Waals surface area contributed by atoms with E-state index in [1.54, 1.807) is 12.3 Å². The highest BCUT2D eigenvalue weighted by molar-refractivity contribution is 6.01. The van der Waals surface area contributed by atoms with Crippen molar-refractivity contribution in [3.8, 4) is 28.4 Å². The van der Waals surface area contributed by atoms with E-state index in [1.165, 1.54) is 5.56 Å². The first-order valence-electron chi connectivity index (χ1n) is 12.0. The summed E-state index contributed by atoms with van der Waals surface area (Å²) in [6, 6.07) is 16.1. The van der Waals surface area contributed by atoms with Gasteiger partial charge in [0.1, 0.15) is 11.3 Å². The van der Waals surface area contributed by atoms with Crippen LogP contribution in [0, 0.1) is 13.8 Å². The van der Waals surface area contributed by atoms with Crippen molar-refractivity contribution in [3.63, 3.8) is 0 Å². The van der Waals surface area contributed by atoms with Crippen LogP contribution < -0.4 is 19.5 Å². The predicted molar refractivity (Wildman–Crippen MR) is 140 cm³/mol. The number of rotatable bonds is 7. The summed E-state index contributed by atoms with van der Waals surface area (Å²) in [4.78, 5) is 12.8. The van der Waals surface area contributed by atoms with Gasteiger partial charge in [0.25, 0.3) is 0 Å². The van der Waals surface area contributed by atoms with Gasteiger partial charge in [-0.2, -0.15) is 0 Å². The van der Waals surface area contributed by atoms with Crippen LogP contribution in [0.3, 0.4) is 0 Å². The Morgan fingerprint density at radius 2 is 1.83 bits per heavy atom. The van der Waals surface area contributed by atoms with Crippen molar-refractivity contribution in [2.75, 3.05) is 13.4 Å². The Morgan fingerprint density at radius 3 is 2.61 bits per heavy atom. The van der Waals surface area contributed by atoms with Crippen LogP contribution in [0.1, 0.15) is 36.1 Å². The maximum absolute atomic E-state index is 12.8. The number of nitrogens with one attached hydrogen (secondary N) is 1. The van der Waals surface area contributed by atoms with Crippen LogP contribution in [0.4, 0.5) is 0 Å². The second-order valence-electron chi connectivity index (χ2n) is 8.94. The van der Waals surface area contributed by atoms with E-state index in [-0.39, 0.29) is 12.7 Å². The van der Waals surface area contributed by atoms with Crippen molar-refractivity contribution >= 4 is 22.4 Å². The number of allylic oxidation sites excluding steroid dienone is 1. The van der Waals surface area contributed by atoms with E-state index in [1.807, 2.05) is 39.0 Å². The van der Waals surface area contributed by atoms with Crippen LogP contribution in [-0.2, 0) is 11.3 Å². The zero-order valence-corrected chi connectivity index (χ0v) is 20.9. The van der Waals surface area contributed by atoms with Crippen LogP contribution in [0.5, 0.6) is 17.2 Å². The molecule has 0 saturated heterocycles. The zero-order valence-electron chi connectivity index (χ0n) is 20.9. The number of hydrogen-bond acceptors (Lipinski definition) is 5. The zero-order chi connectivity index (χ0) is 25.2. The first-order valence-corrected chi connectivity index (χ1v) is 12.0. The Balaban J connectivity index is 1.45. The molecule has 1 amide bonds. The van der Waals surface area contributed by atoms with Gasteiger partial charge in [0.15, 0.2) is 11.5 Å². The third-order valence-electron chi connectivity index (χ3n) is 6.37. The molecule has 6 nitrogen and oxygen atoms in total. The van der Waals surface area contributed by atoms with E-state index in [9.17, 15) is 4.79 Å². The minimum atomic E-state index is -0.184. The molecule has 0 saturated carbocycles. The molecule has 4 aromatic rings. The smallest absolute Gasteiger partial charge is 0.244 e. The second kappa shape index (κ2) is 9.82. The van der Waals surface area contributed by atoms with Gasteiger partial charge < -0.3 is 23.9 Å². The number of ether oxygens (including phenoxy) is 3. The topological polar surface area (TPSA) is 69.9 Å². The molecule has 36 heavy (non-hydrogen) atoms.